The van der Waals surface area contributed by atoms with Gasteiger partial charge in [-0.2, -0.15) is 0 Å². The Bertz CT molecular complexity index is 939. The Morgan fingerprint density at radius 2 is 1.87 bits per heavy atom. The van der Waals surface area contributed by atoms with E-state index in [-0.39, 0.29) is 5.91 Å². The molecular formula is C15H9BrCl3N3O. The lowest BCUT2D eigenvalue weighted by atomic mass is 10.2. The molecule has 2 heterocycles. The molecule has 1 aromatic carbocycles. The Morgan fingerprint density at radius 3 is 2.61 bits per heavy atom. The Balaban J connectivity index is 2.03. The van der Waals surface area contributed by atoms with Crippen molar-refractivity contribution in [1.82, 2.24) is 9.38 Å². The van der Waals surface area contributed by atoms with Crippen molar-refractivity contribution in [2.75, 3.05) is 5.32 Å². The molecule has 0 spiro atoms. The molecule has 23 heavy (non-hydrogen) atoms. The summed E-state index contributed by atoms with van der Waals surface area (Å²) in [6.45, 7) is 1.77. The highest BCUT2D eigenvalue weighted by Gasteiger charge is 2.18. The summed E-state index contributed by atoms with van der Waals surface area (Å²) in [6.07, 6.45) is 1.78. The van der Waals surface area contributed by atoms with E-state index in [1.54, 1.807) is 17.5 Å². The number of hydrogen-bond acceptors (Lipinski definition) is 2. The Labute approximate surface area is 155 Å². The topological polar surface area (TPSA) is 46.4 Å². The fourth-order valence-electron chi connectivity index (χ4n) is 2.21. The molecule has 0 aliphatic carbocycles. The lowest BCUT2D eigenvalue weighted by Gasteiger charge is -2.09. The molecule has 118 valence electrons. The molecule has 0 fully saturated rings. The van der Waals surface area contributed by atoms with Gasteiger partial charge in [0.05, 0.1) is 26.4 Å². The first-order valence-electron chi connectivity index (χ1n) is 6.47. The minimum absolute atomic E-state index is 0.306. The molecule has 0 unspecified atom stereocenters. The number of hydrogen-bond donors (Lipinski definition) is 1. The summed E-state index contributed by atoms with van der Waals surface area (Å²) in [5.41, 5.74) is 2.09. The van der Waals surface area contributed by atoms with E-state index in [0.29, 0.717) is 37.8 Å². The van der Waals surface area contributed by atoms with Crippen molar-refractivity contribution in [3.8, 4) is 0 Å². The van der Waals surface area contributed by atoms with Gasteiger partial charge in [0.25, 0.3) is 5.91 Å². The number of carbonyl (C=O) groups excluding carboxylic acids is 1. The number of fused-ring (bicyclic) bond motifs is 1. The van der Waals surface area contributed by atoms with Crippen LogP contribution < -0.4 is 5.32 Å². The molecule has 4 nitrogen and oxygen atoms in total. The summed E-state index contributed by atoms with van der Waals surface area (Å²) in [6, 6.07) is 6.68. The lowest BCUT2D eigenvalue weighted by Crippen LogP contribution is -2.16. The second-order valence-electron chi connectivity index (χ2n) is 4.82. The second-order valence-corrected chi connectivity index (χ2v) is 6.96. The predicted molar refractivity (Wildman–Crippen MR) is 97.1 cm³/mol. The third kappa shape index (κ3) is 3.19. The van der Waals surface area contributed by atoms with Gasteiger partial charge in [0.2, 0.25) is 0 Å². The first-order valence-corrected chi connectivity index (χ1v) is 8.39. The quantitative estimate of drug-likeness (QED) is 0.534. The maximum atomic E-state index is 12.6. The Kier molecular flexibility index (Phi) is 4.56. The number of carbonyl (C=O) groups is 1. The van der Waals surface area contributed by atoms with Crippen molar-refractivity contribution < 1.29 is 4.79 Å². The molecule has 0 saturated heterocycles. The fourth-order valence-corrected chi connectivity index (χ4v) is 3.14. The van der Waals surface area contributed by atoms with Crippen molar-refractivity contribution in [1.29, 1.82) is 0 Å². The molecule has 3 aromatic rings. The molecule has 2 aromatic heterocycles. The minimum Gasteiger partial charge on any atom is -0.319 e. The molecule has 8 heteroatoms. The zero-order valence-electron chi connectivity index (χ0n) is 11.7. The van der Waals surface area contributed by atoms with E-state index < -0.39 is 0 Å². The van der Waals surface area contributed by atoms with E-state index >= 15 is 0 Å². The number of amides is 1. The van der Waals surface area contributed by atoms with E-state index in [4.69, 9.17) is 34.8 Å². The molecule has 1 N–H and O–H groups in total. The summed E-state index contributed by atoms with van der Waals surface area (Å²) >= 11 is 21.4. The third-order valence-electron chi connectivity index (χ3n) is 3.23. The lowest BCUT2D eigenvalue weighted by molar-refractivity contribution is 0.102. The van der Waals surface area contributed by atoms with Crippen LogP contribution in [0.3, 0.4) is 0 Å². The largest absolute Gasteiger partial charge is 0.319 e. The van der Waals surface area contributed by atoms with Crippen molar-refractivity contribution in [2.24, 2.45) is 0 Å². The highest BCUT2D eigenvalue weighted by Crippen LogP contribution is 2.32. The first kappa shape index (κ1) is 16.6. The molecule has 3 rings (SSSR count). The fraction of sp³-hybridized carbons (Fsp3) is 0.0667. The number of rotatable bonds is 2. The van der Waals surface area contributed by atoms with E-state index in [2.05, 4.69) is 26.2 Å². The van der Waals surface area contributed by atoms with Crippen LogP contribution in [0, 0.1) is 6.92 Å². The van der Waals surface area contributed by atoms with Crippen LogP contribution in [-0.2, 0) is 0 Å². The standard InChI is InChI=1S/C15H9BrCl3N3O/c1-7-14(22-6-8(16)2-3-13(22)20-7)15(23)21-12-5-10(18)9(17)4-11(12)19/h2-6H,1H3,(H,21,23). The Morgan fingerprint density at radius 1 is 1.17 bits per heavy atom. The average molecular weight is 434 g/mol. The van der Waals surface area contributed by atoms with Gasteiger partial charge in [-0.05, 0) is 47.1 Å². The van der Waals surface area contributed by atoms with Gasteiger partial charge in [-0.3, -0.25) is 9.20 Å². The predicted octanol–water partition coefficient (Wildman–Crippen LogP) is 5.62. The van der Waals surface area contributed by atoms with E-state index in [0.717, 1.165) is 4.47 Å². The summed E-state index contributed by atoms with van der Waals surface area (Å²) < 4.78 is 2.55. The van der Waals surface area contributed by atoms with Crippen LogP contribution in [0.15, 0.2) is 34.9 Å². The third-order valence-corrected chi connectivity index (χ3v) is 4.73. The minimum atomic E-state index is -0.339. The Hall–Kier alpha value is -1.27. The van der Waals surface area contributed by atoms with Gasteiger partial charge in [0.15, 0.2) is 0 Å². The molecule has 0 aliphatic rings. The van der Waals surface area contributed by atoms with Gasteiger partial charge < -0.3 is 5.32 Å². The number of aryl methyl sites for hydroxylation is 1. The number of anilines is 1. The zero-order valence-corrected chi connectivity index (χ0v) is 15.6. The maximum absolute atomic E-state index is 12.6. The number of benzene rings is 1. The highest BCUT2D eigenvalue weighted by molar-refractivity contribution is 9.10. The summed E-state index contributed by atoms with van der Waals surface area (Å²) in [5, 5.41) is 3.68. The van der Waals surface area contributed by atoms with Crippen LogP contribution in [0.25, 0.3) is 5.65 Å². The maximum Gasteiger partial charge on any atom is 0.274 e. The van der Waals surface area contributed by atoms with Crippen LogP contribution in [0.4, 0.5) is 5.69 Å². The monoisotopic (exact) mass is 431 g/mol. The second kappa shape index (κ2) is 6.32. The molecule has 0 aliphatic heterocycles. The van der Waals surface area contributed by atoms with Crippen molar-refractivity contribution in [3.05, 3.63) is 61.4 Å². The van der Waals surface area contributed by atoms with Crippen molar-refractivity contribution in [2.45, 2.75) is 6.92 Å². The normalized spacial score (nSPS) is 11.0. The van der Waals surface area contributed by atoms with Gasteiger partial charge in [0.1, 0.15) is 11.3 Å². The van der Waals surface area contributed by atoms with Crippen LogP contribution in [-0.4, -0.2) is 15.3 Å². The molecule has 0 bridgehead atoms. The van der Waals surface area contributed by atoms with Crippen LogP contribution in [0.1, 0.15) is 16.2 Å². The average Bonchev–Trinajstić information content (AvgIpc) is 2.80. The molecule has 0 atom stereocenters. The SMILES string of the molecule is Cc1nc2ccc(Br)cn2c1C(=O)Nc1cc(Cl)c(Cl)cc1Cl. The van der Waals surface area contributed by atoms with Crippen LogP contribution in [0.2, 0.25) is 15.1 Å². The number of aromatic nitrogens is 2. The van der Waals surface area contributed by atoms with Gasteiger partial charge in [-0.15, -0.1) is 0 Å². The smallest absolute Gasteiger partial charge is 0.274 e. The van der Waals surface area contributed by atoms with E-state index in [1.807, 2.05) is 12.1 Å². The summed E-state index contributed by atoms with van der Waals surface area (Å²) in [4.78, 5) is 17.0. The van der Waals surface area contributed by atoms with Crippen LogP contribution >= 0.6 is 50.7 Å². The number of imidazole rings is 1. The van der Waals surface area contributed by atoms with Gasteiger partial charge >= 0.3 is 0 Å². The van der Waals surface area contributed by atoms with Crippen molar-refractivity contribution >= 4 is 68.0 Å². The van der Waals surface area contributed by atoms with E-state index in [1.165, 1.54) is 12.1 Å². The first-order chi connectivity index (χ1) is 10.9. The van der Waals surface area contributed by atoms with Crippen LogP contribution in [0.5, 0.6) is 0 Å². The number of nitrogens with zero attached hydrogens (tertiary/aromatic N) is 2. The number of pyridine rings is 1. The van der Waals surface area contributed by atoms with Gasteiger partial charge in [-0.25, -0.2) is 4.98 Å². The summed E-state index contributed by atoms with van der Waals surface area (Å²) in [5.74, 6) is -0.339. The molecule has 1 amide bonds. The number of halogens is 4. The molecular weight excluding hydrogens is 424 g/mol. The zero-order chi connectivity index (χ0) is 16.7. The van der Waals surface area contributed by atoms with E-state index in [9.17, 15) is 4.79 Å². The molecule has 0 saturated carbocycles. The number of nitrogens with one attached hydrogen (secondary N) is 1. The van der Waals surface area contributed by atoms with Gasteiger partial charge in [0, 0.05) is 10.7 Å². The van der Waals surface area contributed by atoms with Crippen molar-refractivity contribution in [3.63, 3.8) is 0 Å². The summed E-state index contributed by atoms with van der Waals surface area (Å²) in [7, 11) is 0. The van der Waals surface area contributed by atoms with Gasteiger partial charge in [-0.1, -0.05) is 34.8 Å². The molecule has 0 radical (unpaired) electrons. The highest BCUT2D eigenvalue weighted by atomic mass is 79.9.